The van der Waals surface area contributed by atoms with Crippen LogP contribution in [-0.2, 0) is 21.7 Å². The summed E-state index contributed by atoms with van der Waals surface area (Å²) in [7, 11) is 0. The van der Waals surface area contributed by atoms with Crippen LogP contribution >= 0.6 is 0 Å². The van der Waals surface area contributed by atoms with Gasteiger partial charge in [0, 0.05) is 21.7 Å². The Bertz CT molecular complexity index is 48.1. The van der Waals surface area contributed by atoms with Gasteiger partial charge in [0.1, 0.15) is 0 Å². The second-order valence-corrected chi connectivity index (χ2v) is 2.51. The molecule has 11 heavy (non-hydrogen) atoms. The molecule has 0 heterocycles. The van der Waals surface area contributed by atoms with Crippen LogP contribution in [0.25, 0.3) is 0 Å². The van der Waals surface area contributed by atoms with Crippen LogP contribution in [0.5, 0.6) is 0 Å². The molecule has 3 heteroatoms. The molecule has 0 saturated heterocycles. The van der Waals surface area contributed by atoms with Crippen molar-refractivity contribution < 1.29 is 31.9 Å². The molecule has 0 aromatic carbocycles. The van der Waals surface area contributed by atoms with Crippen molar-refractivity contribution in [3.05, 3.63) is 0 Å². The minimum Gasteiger partial charge on any atom is -0.393 e. The van der Waals surface area contributed by atoms with Crippen LogP contribution < -0.4 is 0 Å². The summed E-state index contributed by atoms with van der Waals surface area (Å²) in [6, 6.07) is 0. The van der Waals surface area contributed by atoms with Crippen LogP contribution in [0, 0.1) is 0 Å². The van der Waals surface area contributed by atoms with Gasteiger partial charge in [-0.05, 0) is 26.7 Å². The second-order valence-electron chi connectivity index (χ2n) is 2.51. The molecular weight excluding hydrogens is 176 g/mol. The molecule has 2 atom stereocenters. The van der Waals surface area contributed by atoms with Crippen molar-refractivity contribution in [2.75, 3.05) is 0 Å². The normalized spacial score (nSPS) is 13.6. The summed E-state index contributed by atoms with van der Waals surface area (Å²) in [6.07, 6.45) is 1.49. The van der Waals surface area contributed by atoms with Crippen molar-refractivity contribution in [3.63, 3.8) is 0 Å². The SMILES string of the molecule is CCC(C)O.CCC(C)O.[Ti]. The summed E-state index contributed by atoms with van der Waals surface area (Å²) in [6.45, 7) is 7.45. The third-order valence-corrected chi connectivity index (χ3v) is 1.18. The topological polar surface area (TPSA) is 40.5 Å². The molecule has 0 aliphatic heterocycles. The molecule has 0 radical (unpaired) electrons. The molecule has 0 spiro atoms. The molecule has 0 saturated carbocycles. The quantitative estimate of drug-likeness (QED) is 0.658. The van der Waals surface area contributed by atoms with Crippen LogP contribution in [0.4, 0.5) is 0 Å². The fourth-order valence-corrected chi connectivity index (χ4v) is 0. The molecule has 2 nitrogen and oxygen atoms in total. The zero-order valence-electron chi connectivity index (χ0n) is 7.96. The van der Waals surface area contributed by atoms with Crippen LogP contribution in [0.2, 0.25) is 0 Å². The van der Waals surface area contributed by atoms with Crippen LogP contribution in [0.3, 0.4) is 0 Å². The van der Waals surface area contributed by atoms with E-state index >= 15 is 0 Å². The van der Waals surface area contributed by atoms with Gasteiger partial charge in [0.15, 0.2) is 0 Å². The maximum atomic E-state index is 8.36. The van der Waals surface area contributed by atoms with Crippen LogP contribution in [-0.4, -0.2) is 22.4 Å². The van der Waals surface area contributed by atoms with Gasteiger partial charge in [0.25, 0.3) is 0 Å². The molecule has 0 aliphatic rings. The minimum absolute atomic E-state index is 0. The van der Waals surface area contributed by atoms with Crippen molar-refractivity contribution in [2.45, 2.75) is 52.7 Å². The van der Waals surface area contributed by atoms with E-state index < -0.39 is 0 Å². The first kappa shape index (κ1) is 17.6. The second kappa shape index (κ2) is 13.2. The monoisotopic (exact) mass is 196 g/mol. The predicted molar refractivity (Wildman–Crippen MR) is 43.9 cm³/mol. The maximum Gasteiger partial charge on any atom is 0.0509 e. The Kier molecular flexibility index (Phi) is 21.2. The first-order chi connectivity index (χ1) is 4.54. The van der Waals surface area contributed by atoms with E-state index in [2.05, 4.69) is 0 Å². The van der Waals surface area contributed by atoms with Gasteiger partial charge in [-0.1, -0.05) is 13.8 Å². The van der Waals surface area contributed by atoms with Gasteiger partial charge >= 0.3 is 0 Å². The van der Waals surface area contributed by atoms with Gasteiger partial charge in [0.05, 0.1) is 12.2 Å². The summed E-state index contributed by atoms with van der Waals surface area (Å²) in [4.78, 5) is 0. The van der Waals surface area contributed by atoms with Crippen molar-refractivity contribution in [1.82, 2.24) is 0 Å². The van der Waals surface area contributed by atoms with Crippen molar-refractivity contribution in [1.29, 1.82) is 0 Å². The molecule has 0 bridgehead atoms. The number of aliphatic hydroxyl groups excluding tert-OH is 2. The molecule has 0 aromatic rings. The smallest absolute Gasteiger partial charge is 0.0509 e. The molecular formula is C8H20O2Ti. The number of rotatable bonds is 2. The van der Waals surface area contributed by atoms with E-state index in [4.69, 9.17) is 10.2 Å². The van der Waals surface area contributed by atoms with E-state index in [1.54, 1.807) is 13.8 Å². The van der Waals surface area contributed by atoms with Gasteiger partial charge < -0.3 is 10.2 Å². The van der Waals surface area contributed by atoms with E-state index in [1.807, 2.05) is 13.8 Å². The van der Waals surface area contributed by atoms with E-state index in [1.165, 1.54) is 0 Å². The fraction of sp³-hybridized carbons (Fsp3) is 1.00. The molecule has 0 rings (SSSR count). The average molecular weight is 196 g/mol. The molecule has 0 fully saturated rings. The number of hydrogen-bond donors (Lipinski definition) is 2. The first-order valence-electron chi connectivity index (χ1n) is 3.90. The summed E-state index contributed by atoms with van der Waals surface area (Å²) in [5.41, 5.74) is 0. The molecule has 2 unspecified atom stereocenters. The van der Waals surface area contributed by atoms with Crippen LogP contribution in [0.15, 0.2) is 0 Å². The fourth-order valence-electron chi connectivity index (χ4n) is 0. The van der Waals surface area contributed by atoms with Crippen LogP contribution in [0.1, 0.15) is 40.5 Å². The summed E-state index contributed by atoms with van der Waals surface area (Å²) in [5, 5.41) is 16.7. The Morgan fingerprint density at radius 2 is 1.00 bits per heavy atom. The molecule has 0 aromatic heterocycles. The Balaban J connectivity index is -0.000000107. The Morgan fingerprint density at radius 1 is 0.909 bits per heavy atom. The van der Waals surface area contributed by atoms with E-state index in [-0.39, 0.29) is 33.9 Å². The third kappa shape index (κ3) is 36.9. The summed E-state index contributed by atoms with van der Waals surface area (Å²) < 4.78 is 0. The first-order valence-corrected chi connectivity index (χ1v) is 3.90. The minimum atomic E-state index is -0.116. The van der Waals surface area contributed by atoms with Gasteiger partial charge in [-0.3, -0.25) is 0 Å². The summed E-state index contributed by atoms with van der Waals surface area (Å²) in [5.74, 6) is 0. The van der Waals surface area contributed by atoms with E-state index in [0.717, 1.165) is 12.8 Å². The molecule has 0 amide bonds. The Labute approximate surface area is 84.9 Å². The standard InChI is InChI=1S/2C4H10O.Ti/c2*1-3-4(2)5;/h2*4-5H,3H2,1-2H3;. The zero-order valence-corrected chi connectivity index (χ0v) is 9.52. The molecule has 0 aliphatic carbocycles. The van der Waals surface area contributed by atoms with Gasteiger partial charge in [-0.15, -0.1) is 0 Å². The van der Waals surface area contributed by atoms with Crippen molar-refractivity contribution >= 4 is 0 Å². The number of aliphatic hydroxyl groups is 2. The van der Waals surface area contributed by atoms with E-state index in [0.29, 0.717) is 0 Å². The van der Waals surface area contributed by atoms with E-state index in [9.17, 15) is 0 Å². The Hall–Kier alpha value is 0.634. The largest absolute Gasteiger partial charge is 0.393 e. The average Bonchev–Trinajstić information content (AvgIpc) is 1.89. The zero-order chi connectivity index (χ0) is 8.57. The van der Waals surface area contributed by atoms with Crippen molar-refractivity contribution in [2.24, 2.45) is 0 Å². The predicted octanol–water partition coefficient (Wildman–Crippen LogP) is 1.55. The maximum absolute atomic E-state index is 8.36. The molecule has 2 N–H and O–H groups in total. The number of hydrogen-bond acceptors (Lipinski definition) is 2. The Morgan fingerprint density at radius 3 is 1.00 bits per heavy atom. The molecule has 68 valence electrons. The third-order valence-electron chi connectivity index (χ3n) is 1.18. The van der Waals surface area contributed by atoms with Gasteiger partial charge in [-0.25, -0.2) is 0 Å². The van der Waals surface area contributed by atoms with Gasteiger partial charge in [-0.2, -0.15) is 0 Å². The van der Waals surface area contributed by atoms with Crippen molar-refractivity contribution in [3.8, 4) is 0 Å². The van der Waals surface area contributed by atoms with Gasteiger partial charge in [0.2, 0.25) is 0 Å². The summed E-state index contributed by atoms with van der Waals surface area (Å²) >= 11 is 0.